The van der Waals surface area contributed by atoms with Crippen LogP contribution in [0.3, 0.4) is 0 Å². The number of carbonyl (C=O) groups excluding carboxylic acids is 3. The average Bonchev–Trinajstić information content (AvgIpc) is 2.59. The summed E-state index contributed by atoms with van der Waals surface area (Å²) in [6.07, 6.45) is 5.67. The largest absolute Gasteiger partial charge is 0.376 e. The Morgan fingerprint density at radius 2 is 1.75 bits per heavy atom. The zero-order valence-corrected chi connectivity index (χ0v) is 17.3. The van der Waals surface area contributed by atoms with Crippen LogP contribution in [-0.4, -0.2) is 36.0 Å². The molecule has 1 saturated carbocycles. The van der Waals surface area contributed by atoms with Gasteiger partial charge in [-0.1, -0.05) is 19.3 Å². The van der Waals surface area contributed by atoms with Gasteiger partial charge in [0.15, 0.2) is 0 Å². The third-order valence-corrected chi connectivity index (χ3v) is 4.61. The molecule has 0 radical (unpaired) electrons. The molecule has 7 nitrogen and oxygen atoms in total. The molecule has 1 fully saturated rings. The van der Waals surface area contributed by atoms with Crippen LogP contribution < -0.4 is 21.3 Å². The molecular formula is C21H32N4O3. The van der Waals surface area contributed by atoms with E-state index in [4.69, 9.17) is 0 Å². The number of aryl methyl sites for hydroxylation is 1. The number of amides is 4. The molecule has 154 valence electrons. The van der Waals surface area contributed by atoms with Crippen LogP contribution in [0.4, 0.5) is 10.5 Å². The predicted molar refractivity (Wildman–Crippen MR) is 110 cm³/mol. The molecule has 0 saturated heterocycles. The highest BCUT2D eigenvalue weighted by molar-refractivity contribution is 5.97. The Morgan fingerprint density at radius 1 is 1.07 bits per heavy atom. The van der Waals surface area contributed by atoms with Gasteiger partial charge < -0.3 is 16.0 Å². The fourth-order valence-electron chi connectivity index (χ4n) is 3.24. The van der Waals surface area contributed by atoms with E-state index < -0.39 is 17.5 Å². The van der Waals surface area contributed by atoms with Crippen LogP contribution in [0.25, 0.3) is 0 Å². The van der Waals surface area contributed by atoms with Crippen LogP contribution in [0.1, 0.15) is 68.8 Å². The van der Waals surface area contributed by atoms with Crippen LogP contribution in [0.5, 0.6) is 0 Å². The molecule has 4 N–H and O–H groups in total. The molecule has 0 aliphatic heterocycles. The first-order chi connectivity index (χ1) is 13.1. The van der Waals surface area contributed by atoms with Crippen molar-refractivity contribution < 1.29 is 14.4 Å². The van der Waals surface area contributed by atoms with E-state index >= 15 is 0 Å². The zero-order valence-electron chi connectivity index (χ0n) is 17.3. The van der Waals surface area contributed by atoms with Crippen molar-refractivity contribution >= 4 is 23.5 Å². The Balaban J connectivity index is 1.85. The van der Waals surface area contributed by atoms with Gasteiger partial charge in [-0.25, -0.2) is 4.79 Å². The summed E-state index contributed by atoms with van der Waals surface area (Å²) in [5, 5.41) is 11.1. The molecule has 4 amide bonds. The molecule has 0 atom stereocenters. The maximum Gasteiger partial charge on any atom is 0.321 e. The van der Waals surface area contributed by atoms with Crippen molar-refractivity contribution in [3.63, 3.8) is 0 Å². The van der Waals surface area contributed by atoms with Crippen LogP contribution in [0.15, 0.2) is 18.2 Å². The minimum absolute atomic E-state index is 0.0357. The van der Waals surface area contributed by atoms with Crippen molar-refractivity contribution in [1.82, 2.24) is 16.0 Å². The Kier molecular flexibility index (Phi) is 7.43. The van der Waals surface area contributed by atoms with Gasteiger partial charge >= 0.3 is 6.03 Å². The molecule has 0 heterocycles. The molecule has 1 aliphatic carbocycles. The van der Waals surface area contributed by atoms with E-state index in [1.54, 1.807) is 12.1 Å². The molecular weight excluding hydrogens is 356 g/mol. The standard InChI is InChI=1S/C21H32N4O3/c1-14-12-15(19(27)23-16-8-6-5-7-9-16)10-11-17(14)22-13-18(26)24-20(28)25-21(2,3)4/h10-12,16,22H,5-9,13H2,1-4H3,(H,23,27)(H2,24,25,26,28). The lowest BCUT2D eigenvalue weighted by molar-refractivity contribution is -0.118. The second-order valence-electron chi connectivity index (χ2n) is 8.44. The second kappa shape index (κ2) is 9.57. The first-order valence-corrected chi connectivity index (χ1v) is 9.91. The summed E-state index contributed by atoms with van der Waals surface area (Å²) >= 11 is 0. The minimum Gasteiger partial charge on any atom is -0.376 e. The molecule has 0 bridgehead atoms. The average molecular weight is 389 g/mol. The van der Waals surface area contributed by atoms with Crippen molar-refractivity contribution in [3.05, 3.63) is 29.3 Å². The van der Waals surface area contributed by atoms with Gasteiger partial charge in [0.1, 0.15) is 0 Å². The van der Waals surface area contributed by atoms with E-state index in [1.165, 1.54) is 19.3 Å². The van der Waals surface area contributed by atoms with Gasteiger partial charge in [-0.3, -0.25) is 14.9 Å². The van der Waals surface area contributed by atoms with E-state index in [1.807, 2.05) is 33.8 Å². The van der Waals surface area contributed by atoms with E-state index in [9.17, 15) is 14.4 Å². The number of rotatable bonds is 5. The summed E-state index contributed by atoms with van der Waals surface area (Å²) in [4.78, 5) is 36.1. The molecule has 1 aromatic rings. The number of hydrogen-bond acceptors (Lipinski definition) is 4. The van der Waals surface area contributed by atoms with Crippen molar-refractivity contribution in [3.8, 4) is 0 Å². The molecule has 28 heavy (non-hydrogen) atoms. The predicted octanol–water partition coefficient (Wildman–Crippen LogP) is 3.09. The maximum atomic E-state index is 12.4. The topological polar surface area (TPSA) is 99.3 Å². The molecule has 1 aliphatic rings. The van der Waals surface area contributed by atoms with E-state index in [0.29, 0.717) is 5.56 Å². The van der Waals surface area contributed by atoms with Gasteiger partial charge in [0, 0.05) is 22.8 Å². The zero-order chi connectivity index (χ0) is 20.7. The Morgan fingerprint density at radius 3 is 2.36 bits per heavy atom. The number of hydrogen-bond donors (Lipinski definition) is 4. The minimum atomic E-state index is -0.522. The van der Waals surface area contributed by atoms with E-state index in [0.717, 1.165) is 24.1 Å². The lowest BCUT2D eigenvalue weighted by atomic mass is 9.95. The highest BCUT2D eigenvalue weighted by atomic mass is 16.2. The van der Waals surface area contributed by atoms with E-state index in [-0.39, 0.29) is 18.5 Å². The monoisotopic (exact) mass is 388 g/mol. The van der Waals surface area contributed by atoms with Gasteiger partial charge in [0.25, 0.3) is 5.91 Å². The fraction of sp³-hybridized carbons (Fsp3) is 0.571. The number of anilines is 1. The lowest BCUT2D eigenvalue weighted by Gasteiger charge is -2.23. The Bertz CT molecular complexity index is 719. The van der Waals surface area contributed by atoms with Gasteiger partial charge in [-0.2, -0.15) is 0 Å². The number of imide groups is 1. The summed E-state index contributed by atoms with van der Waals surface area (Å²) in [6, 6.07) is 5.09. The maximum absolute atomic E-state index is 12.4. The molecule has 7 heteroatoms. The first kappa shape index (κ1) is 21.7. The van der Waals surface area contributed by atoms with Crippen molar-refractivity contribution in [2.45, 2.75) is 71.4 Å². The molecule has 0 spiro atoms. The number of carbonyl (C=O) groups is 3. The van der Waals surface area contributed by atoms with E-state index in [2.05, 4.69) is 21.3 Å². The van der Waals surface area contributed by atoms with Crippen LogP contribution in [0.2, 0.25) is 0 Å². The third kappa shape index (κ3) is 7.21. The number of urea groups is 1. The van der Waals surface area contributed by atoms with Gasteiger partial charge in [-0.15, -0.1) is 0 Å². The second-order valence-corrected chi connectivity index (χ2v) is 8.44. The van der Waals surface area contributed by atoms with Gasteiger partial charge in [0.05, 0.1) is 6.54 Å². The van der Waals surface area contributed by atoms with Crippen molar-refractivity contribution in [1.29, 1.82) is 0 Å². The first-order valence-electron chi connectivity index (χ1n) is 9.91. The van der Waals surface area contributed by atoms with Gasteiger partial charge in [0.2, 0.25) is 5.91 Å². The lowest BCUT2D eigenvalue weighted by Crippen LogP contribution is -2.49. The van der Waals surface area contributed by atoms with Crippen molar-refractivity contribution in [2.24, 2.45) is 0 Å². The number of benzene rings is 1. The smallest absolute Gasteiger partial charge is 0.321 e. The highest BCUT2D eigenvalue weighted by Gasteiger charge is 2.18. The summed E-state index contributed by atoms with van der Waals surface area (Å²) in [5.74, 6) is -0.488. The molecule has 1 aromatic carbocycles. The van der Waals surface area contributed by atoms with Crippen LogP contribution in [-0.2, 0) is 4.79 Å². The Labute approximate surface area is 167 Å². The SMILES string of the molecule is Cc1cc(C(=O)NC2CCCCC2)ccc1NCC(=O)NC(=O)NC(C)(C)C. The third-order valence-electron chi connectivity index (χ3n) is 4.61. The summed E-state index contributed by atoms with van der Waals surface area (Å²) in [5.41, 5.74) is 1.81. The Hall–Kier alpha value is -2.57. The summed E-state index contributed by atoms with van der Waals surface area (Å²) in [7, 11) is 0. The van der Waals surface area contributed by atoms with Crippen LogP contribution in [0, 0.1) is 6.92 Å². The molecule has 2 rings (SSSR count). The van der Waals surface area contributed by atoms with Crippen molar-refractivity contribution in [2.75, 3.05) is 11.9 Å². The van der Waals surface area contributed by atoms with Gasteiger partial charge in [-0.05, 0) is 64.3 Å². The fourth-order valence-corrected chi connectivity index (χ4v) is 3.24. The summed E-state index contributed by atoms with van der Waals surface area (Å²) in [6.45, 7) is 7.36. The quantitative estimate of drug-likeness (QED) is 0.623. The highest BCUT2D eigenvalue weighted by Crippen LogP contribution is 2.19. The van der Waals surface area contributed by atoms with Crippen LogP contribution >= 0.6 is 0 Å². The summed E-state index contributed by atoms with van der Waals surface area (Å²) < 4.78 is 0. The molecule has 0 unspecified atom stereocenters. The number of nitrogens with one attached hydrogen (secondary N) is 4. The molecule has 0 aromatic heterocycles. The normalized spacial score (nSPS) is 14.9.